The molecule has 0 spiro atoms. The number of methoxy groups -OCH3 is 1. The molecule has 0 aliphatic heterocycles. The average molecular weight is 338 g/mol. The van der Waals surface area contributed by atoms with Crippen molar-refractivity contribution in [3.05, 3.63) is 59.7 Å². The van der Waals surface area contributed by atoms with Gasteiger partial charge in [-0.05, 0) is 18.6 Å². The highest BCUT2D eigenvalue weighted by molar-refractivity contribution is 5.85. The summed E-state index contributed by atoms with van der Waals surface area (Å²) >= 11 is 0. The number of aliphatic hydroxyl groups excluding tert-OH is 1. The van der Waals surface area contributed by atoms with E-state index in [9.17, 15) is 5.11 Å². The van der Waals surface area contributed by atoms with Gasteiger partial charge in [-0.3, -0.25) is 0 Å². The van der Waals surface area contributed by atoms with Gasteiger partial charge in [-0.1, -0.05) is 42.5 Å². The number of nitrogens with one attached hydrogen (secondary N) is 1. The standard InChI is InChI=1S/C18H23NO3.ClH/c1-3-22-18-15(10-7-11-17(18)21-2)12-19-13-16(20)14-8-5-4-6-9-14;/h4-11,16,19-20H,3,12-13H2,1-2H3;1H. The summed E-state index contributed by atoms with van der Waals surface area (Å²) in [5.41, 5.74) is 1.92. The molecule has 0 saturated heterocycles. The number of rotatable bonds is 8. The van der Waals surface area contributed by atoms with E-state index in [0.717, 1.165) is 22.6 Å². The van der Waals surface area contributed by atoms with E-state index in [2.05, 4.69) is 5.32 Å². The van der Waals surface area contributed by atoms with Gasteiger partial charge in [0.1, 0.15) is 0 Å². The minimum atomic E-state index is -0.526. The van der Waals surface area contributed by atoms with Crippen LogP contribution in [0.2, 0.25) is 0 Å². The molecule has 0 bridgehead atoms. The average Bonchev–Trinajstić information content (AvgIpc) is 2.57. The smallest absolute Gasteiger partial charge is 0.165 e. The summed E-state index contributed by atoms with van der Waals surface area (Å²) in [6.07, 6.45) is -0.526. The molecule has 0 heterocycles. The predicted octanol–water partition coefficient (Wildman–Crippen LogP) is 3.34. The van der Waals surface area contributed by atoms with Crippen molar-refractivity contribution in [2.75, 3.05) is 20.3 Å². The second kappa shape index (κ2) is 10.1. The van der Waals surface area contributed by atoms with Gasteiger partial charge in [0, 0.05) is 18.7 Å². The Morgan fingerprint density at radius 1 is 1.09 bits per heavy atom. The van der Waals surface area contributed by atoms with E-state index in [1.807, 2.05) is 55.5 Å². The van der Waals surface area contributed by atoms with Crippen LogP contribution in [0.25, 0.3) is 0 Å². The third-order valence-electron chi connectivity index (χ3n) is 3.41. The molecule has 2 aromatic rings. The quantitative estimate of drug-likeness (QED) is 0.775. The normalized spacial score (nSPS) is 11.4. The molecule has 2 rings (SSSR count). The van der Waals surface area contributed by atoms with Gasteiger partial charge >= 0.3 is 0 Å². The van der Waals surface area contributed by atoms with Gasteiger partial charge in [0.25, 0.3) is 0 Å². The van der Waals surface area contributed by atoms with Gasteiger partial charge < -0.3 is 19.9 Å². The van der Waals surface area contributed by atoms with Crippen molar-refractivity contribution in [1.29, 1.82) is 0 Å². The molecule has 0 aliphatic carbocycles. The molecule has 0 saturated carbocycles. The number of para-hydroxylation sites is 1. The summed E-state index contributed by atoms with van der Waals surface area (Å²) in [7, 11) is 1.63. The molecule has 23 heavy (non-hydrogen) atoms. The zero-order valence-corrected chi connectivity index (χ0v) is 14.3. The first-order valence-corrected chi connectivity index (χ1v) is 7.48. The molecule has 0 amide bonds. The van der Waals surface area contributed by atoms with E-state index in [-0.39, 0.29) is 12.4 Å². The van der Waals surface area contributed by atoms with E-state index in [0.29, 0.717) is 19.7 Å². The molecule has 4 nitrogen and oxygen atoms in total. The Morgan fingerprint density at radius 3 is 2.48 bits per heavy atom. The van der Waals surface area contributed by atoms with Crippen molar-refractivity contribution in [1.82, 2.24) is 5.32 Å². The van der Waals surface area contributed by atoms with Crippen molar-refractivity contribution in [2.45, 2.75) is 19.6 Å². The van der Waals surface area contributed by atoms with Gasteiger partial charge in [-0.15, -0.1) is 12.4 Å². The molecule has 0 radical (unpaired) electrons. The number of hydrogen-bond acceptors (Lipinski definition) is 4. The van der Waals surface area contributed by atoms with E-state index < -0.39 is 6.10 Å². The SMILES string of the molecule is CCOc1c(CNCC(O)c2ccccc2)cccc1OC.Cl. The molecule has 2 aromatic carbocycles. The predicted molar refractivity (Wildman–Crippen MR) is 94.5 cm³/mol. The first-order chi connectivity index (χ1) is 10.8. The Kier molecular flexibility index (Phi) is 8.48. The third-order valence-corrected chi connectivity index (χ3v) is 3.41. The van der Waals surface area contributed by atoms with Crippen LogP contribution in [-0.2, 0) is 6.54 Å². The Labute approximate surface area is 143 Å². The largest absolute Gasteiger partial charge is 0.493 e. The molecule has 0 fully saturated rings. The molecule has 1 atom stereocenters. The van der Waals surface area contributed by atoms with Crippen LogP contribution < -0.4 is 14.8 Å². The molecular weight excluding hydrogens is 314 g/mol. The van der Waals surface area contributed by atoms with Gasteiger partial charge in [-0.25, -0.2) is 0 Å². The van der Waals surface area contributed by atoms with Crippen LogP contribution in [0.1, 0.15) is 24.2 Å². The molecule has 5 heteroatoms. The fraction of sp³-hybridized carbons (Fsp3) is 0.333. The zero-order valence-electron chi connectivity index (χ0n) is 13.5. The van der Waals surface area contributed by atoms with E-state index in [1.54, 1.807) is 7.11 Å². The second-order valence-corrected chi connectivity index (χ2v) is 4.94. The minimum Gasteiger partial charge on any atom is -0.493 e. The van der Waals surface area contributed by atoms with Gasteiger partial charge in [-0.2, -0.15) is 0 Å². The lowest BCUT2D eigenvalue weighted by molar-refractivity contribution is 0.174. The summed E-state index contributed by atoms with van der Waals surface area (Å²) in [5, 5.41) is 13.4. The highest BCUT2D eigenvalue weighted by Crippen LogP contribution is 2.31. The molecule has 1 unspecified atom stereocenters. The molecular formula is C18H24ClNO3. The Balaban J connectivity index is 0.00000264. The third kappa shape index (κ3) is 5.43. The van der Waals surface area contributed by atoms with Crippen molar-refractivity contribution >= 4 is 12.4 Å². The van der Waals surface area contributed by atoms with Gasteiger partial charge in [0.2, 0.25) is 0 Å². The zero-order chi connectivity index (χ0) is 15.8. The number of aliphatic hydroxyl groups is 1. The maximum atomic E-state index is 10.2. The molecule has 2 N–H and O–H groups in total. The van der Waals surface area contributed by atoms with Crippen molar-refractivity contribution in [3.63, 3.8) is 0 Å². The topological polar surface area (TPSA) is 50.7 Å². The molecule has 0 aromatic heterocycles. The van der Waals surface area contributed by atoms with E-state index in [1.165, 1.54) is 0 Å². The number of benzene rings is 2. The maximum absolute atomic E-state index is 10.2. The van der Waals surface area contributed by atoms with Crippen molar-refractivity contribution in [3.8, 4) is 11.5 Å². The Morgan fingerprint density at radius 2 is 1.83 bits per heavy atom. The van der Waals surface area contributed by atoms with Crippen molar-refractivity contribution < 1.29 is 14.6 Å². The molecule has 0 aliphatic rings. The van der Waals surface area contributed by atoms with Crippen LogP contribution in [0.5, 0.6) is 11.5 Å². The van der Waals surface area contributed by atoms with Crippen LogP contribution in [0, 0.1) is 0 Å². The number of ether oxygens (including phenoxy) is 2. The van der Waals surface area contributed by atoms with Crippen LogP contribution >= 0.6 is 12.4 Å². The number of hydrogen-bond donors (Lipinski definition) is 2. The fourth-order valence-corrected chi connectivity index (χ4v) is 2.31. The summed E-state index contributed by atoms with van der Waals surface area (Å²) < 4.78 is 11.0. The summed E-state index contributed by atoms with van der Waals surface area (Å²) in [6.45, 7) is 3.62. The fourth-order valence-electron chi connectivity index (χ4n) is 2.31. The first-order valence-electron chi connectivity index (χ1n) is 7.48. The maximum Gasteiger partial charge on any atom is 0.165 e. The lowest BCUT2D eigenvalue weighted by atomic mass is 10.1. The monoisotopic (exact) mass is 337 g/mol. The van der Waals surface area contributed by atoms with Crippen molar-refractivity contribution in [2.24, 2.45) is 0 Å². The first kappa shape index (κ1) is 19.3. The van der Waals surface area contributed by atoms with Crippen LogP contribution in [-0.4, -0.2) is 25.4 Å². The highest BCUT2D eigenvalue weighted by atomic mass is 35.5. The summed E-state index contributed by atoms with van der Waals surface area (Å²) in [5.74, 6) is 1.49. The van der Waals surface area contributed by atoms with Gasteiger partial charge in [0.15, 0.2) is 11.5 Å². The molecule has 126 valence electrons. The van der Waals surface area contributed by atoms with E-state index >= 15 is 0 Å². The summed E-state index contributed by atoms with van der Waals surface area (Å²) in [4.78, 5) is 0. The Bertz CT molecular complexity index is 578. The lowest BCUT2D eigenvalue weighted by Crippen LogP contribution is -2.21. The van der Waals surface area contributed by atoms with Crippen LogP contribution in [0.15, 0.2) is 48.5 Å². The second-order valence-electron chi connectivity index (χ2n) is 4.94. The lowest BCUT2D eigenvalue weighted by Gasteiger charge is -2.16. The minimum absolute atomic E-state index is 0. The van der Waals surface area contributed by atoms with E-state index in [4.69, 9.17) is 9.47 Å². The summed E-state index contributed by atoms with van der Waals surface area (Å²) in [6, 6.07) is 15.4. The highest BCUT2D eigenvalue weighted by Gasteiger charge is 2.11. The Hall–Kier alpha value is -1.75. The van der Waals surface area contributed by atoms with Crippen LogP contribution in [0.4, 0.5) is 0 Å². The van der Waals surface area contributed by atoms with Gasteiger partial charge in [0.05, 0.1) is 19.8 Å². The number of halogens is 1. The van der Waals surface area contributed by atoms with Crippen LogP contribution in [0.3, 0.4) is 0 Å².